The van der Waals surface area contributed by atoms with Crippen LogP contribution in [0.4, 0.5) is 0 Å². The Labute approximate surface area is 207 Å². The van der Waals surface area contributed by atoms with Crippen LogP contribution in [0.15, 0.2) is 0 Å². The lowest BCUT2D eigenvalue weighted by Crippen LogP contribution is -2.59. The van der Waals surface area contributed by atoms with Gasteiger partial charge in [-0.1, -0.05) is 6.92 Å². The van der Waals surface area contributed by atoms with Crippen LogP contribution in [0.25, 0.3) is 0 Å². The SMILES string of the molecule is CCCOCC(=O)[C@@H]1CCCN1C(=O)C(C)NC(=O)[C@@H]1CCCCN1C(=O)[C@@H]1CCCN1C(C)=O. The molecule has 0 aromatic heterocycles. The van der Waals surface area contributed by atoms with Crippen LogP contribution in [-0.4, -0.2) is 101 Å². The van der Waals surface area contributed by atoms with Crippen LogP contribution in [0.5, 0.6) is 0 Å². The van der Waals surface area contributed by atoms with E-state index in [1.807, 2.05) is 6.92 Å². The van der Waals surface area contributed by atoms with Gasteiger partial charge < -0.3 is 24.8 Å². The molecule has 0 radical (unpaired) electrons. The molecule has 4 amide bonds. The van der Waals surface area contributed by atoms with Crippen LogP contribution in [-0.2, 0) is 28.7 Å². The molecular formula is C25H40N4O6. The normalized spacial score (nSPS) is 25.5. The minimum Gasteiger partial charge on any atom is -0.374 e. The minimum absolute atomic E-state index is 0.0133. The first-order valence-electron chi connectivity index (χ1n) is 13.0. The average molecular weight is 493 g/mol. The maximum Gasteiger partial charge on any atom is 0.246 e. The largest absolute Gasteiger partial charge is 0.374 e. The van der Waals surface area contributed by atoms with E-state index < -0.39 is 24.2 Å². The molecule has 0 spiro atoms. The summed E-state index contributed by atoms with van der Waals surface area (Å²) in [7, 11) is 0. The molecule has 1 N–H and O–H groups in total. The highest BCUT2D eigenvalue weighted by atomic mass is 16.5. The van der Waals surface area contributed by atoms with E-state index in [4.69, 9.17) is 4.74 Å². The molecule has 3 aliphatic rings. The standard InChI is InChI=1S/C25H40N4O6/c1-4-15-35-16-22(31)19-10-7-14-28(19)24(33)17(2)26-23(32)20-9-5-6-12-29(20)25(34)21-11-8-13-27(21)18(3)30/h17,19-21H,4-16H2,1-3H3,(H,26,32)/t17?,19-,20-,21-/m0/s1. The molecule has 0 aromatic rings. The van der Waals surface area contributed by atoms with Gasteiger partial charge >= 0.3 is 0 Å². The Hall–Kier alpha value is -2.49. The molecular weight excluding hydrogens is 452 g/mol. The molecule has 35 heavy (non-hydrogen) atoms. The van der Waals surface area contributed by atoms with E-state index in [1.54, 1.807) is 21.6 Å². The first kappa shape index (κ1) is 27.1. The number of likely N-dealkylation sites (tertiary alicyclic amines) is 3. The summed E-state index contributed by atoms with van der Waals surface area (Å²) in [5, 5.41) is 2.80. The van der Waals surface area contributed by atoms with Gasteiger partial charge in [0.15, 0.2) is 5.78 Å². The van der Waals surface area contributed by atoms with Crippen molar-refractivity contribution in [2.24, 2.45) is 0 Å². The van der Waals surface area contributed by atoms with Gasteiger partial charge in [0.25, 0.3) is 0 Å². The molecule has 3 aliphatic heterocycles. The lowest BCUT2D eigenvalue weighted by Gasteiger charge is -2.38. The number of amides is 4. The fourth-order valence-electron chi connectivity index (χ4n) is 5.46. The lowest BCUT2D eigenvalue weighted by atomic mass is 9.99. The fourth-order valence-corrected chi connectivity index (χ4v) is 5.46. The van der Waals surface area contributed by atoms with Crippen molar-refractivity contribution >= 4 is 29.4 Å². The topological polar surface area (TPSA) is 116 Å². The van der Waals surface area contributed by atoms with E-state index in [2.05, 4.69) is 5.32 Å². The van der Waals surface area contributed by atoms with Crippen molar-refractivity contribution in [2.75, 3.05) is 32.8 Å². The van der Waals surface area contributed by atoms with E-state index in [-0.39, 0.29) is 36.0 Å². The molecule has 0 aliphatic carbocycles. The summed E-state index contributed by atoms with van der Waals surface area (Å²) in [6.45, 7) is 7.03. The Bertz CT molecular complexity index is 818. The second kappa shape index (κ2) is 12.5. The summed E-state index contributed by atoms with van der Waals surface area (Å²) in [6.07, 6.45) is 5.65. The molecule has 3 saturated heterocycles. The Balaban J connectivity index is 1.61. The first-order chi connectivity index (χ1) is 16.8. The van der Waals surface area contributed by atoms with E-state index in [0.717, 1.165) is 32.1 Å². The number of nitrogens with zero attached hydrogens (tertiary/aromatic N) is 3. The number of hydrogen-bond acceptors (Lipinski definition) is 6. The van der Waals surface area contributed by atoms with Crippen LogP contribution < -0.4 is 5.32 Å². The molecule has 3 fully saturated rings. The summed E-state index contributed by atoms with van der Waals surface area (Å²) in [5.41, 5.74) is 0. The number of nitrogens with one attached hydrogen (secondary N) is 1. The molecule has 0 saturated carbocycles. The van der Waals surface area contributed by atoms with Crippen molar-refractivity contribution in [3.63, 3.8) is 0 Å². The minimum atomic E-state index is -0.813. The monoisotopic (exact) mass is 492 g/mol. The van der Waals surface area contributed by atoms with Gasteiger partial charge in [0.2, 0.25) is 23.6 Å². The number of rotatable bonds is 9. The maximum atomic E-state index is 13.3. The smallest absolute Gasteiger partial charge is 0.246 e. The van der Waals surface area contributed by atoms with Gasteiger partial charge in [-0.2, -0.15) is 0 Å². The highest BCUT2D eigenvalue weighted by Gasteiger charge is 2.41. The van der Waals surface area contributed by atoms with E-state index in [1.165, 1.54) is 6.92 Å². The predicted molar refractivity (Wildman–Crippen MR) is 128 cm³/mol. The van der Waals surface area contributed by atoms with Crippen molar-refractivity contribution in [2.45, 2.75) is 96.3 Å². The van der Waals surface area contributed by atoms with Crippen LogP contribution in [0.3, 0.4) is 0 Å². The third-order valence-corrected chi connectivity index (χ3v) is 7.26. The summed E-state index contributed by atoms with van der Waals surface area (Å²) in [6, 6.07) is -2.52. The molecule has 10 nitrogen and oxygen atoms in total. The Morgan fingerprint density at radius 1 is 0.857 bits per heavy atom. The summed E-state index contributed by atoms with van der Waals surface area (Å²) in [5.74, 6) is -1.09. The van der Waals surface area contributed by atoms with E-state index in [9.17, 15) is 24.0 Å². The third-order valence-electron chi connectivity index (χ3n) is 7.26. The molecule has 3 rings (SSSR count). The molecule has 10 heteroatoms. The second-order valence-corrected chi connectivity index (χ2v) is 9.85. The molecule has 1 unspecified atom stereocenters. The predicted octanol–water partition coefficient (Wildman–Crippen LogP) is 0.870. The Morgan fingerprint density at radius 3 is 2.17 bits per heavy atom. The number of piperidine rings is 1. The van der Waals surface area contributed by atoms with E-state index >= 15 is 0 Å². The Kier molecular flexibility index (Phi) is 9.65. The molecule has 0 bridgehead atoms. The number of carbonyl (C=O) groups is 5. The number of ketones is 1. The highest BCUT2D eigenvalue weighted by Crippen LogP contribution is 2.25. The van der Waals surface area contributed by atoms with Gasteiger partial charge in [0.05, 0.1) is 6.04 Å². The van der Waals surface area contributed by atoms with Crippen LogP contribution in [0.1, 0.15) is 72.1 Å². The number of ether oxygens (including phenoxy) is 1. The molecule has 4 atom stereocenters. The zero-order valence-corrected chi connectivity index (χ0v) is 21.3. The summed E-state index contributed by atoms with van der Waals surface area (Å²) in [4.78, 5) is 68.9. The van der Waals surface area contributed by atoms with Crippen molar-refractivity contribution in [1.82, 2.24) is 20.0 Å². The van der Waals surface area contributed by atoms with Crippen molar-refractivity contribution in [3.8, 4) is 0 Å². The summed E-state index contributed by atoms with van der Waals surface area (Å²) >= 11 is 0. The summed E-state index contributed by atoms with van der Waals surface area (Å²) < 4.78 is 5.37. The van der Waals surface area contributed by atoms with Gasteiger partial charge in [-0.3, -0.25) is 24.0 Å². The lowest BCUT2D eigenvalue weighted by molar-refractivity contribution is -0.149. The third kappa shape index (κ3) is 6.39. The van der Waals surface area contributed by atoms with Crippen molar-refractivity contribution in [1.29, 1.82) is 0 Å². The van der Waals surface area contributed by atoms with Gasteiger partial charge in [0, 0.05) is 33.2 Å². The van der Waals surface area contributed by atoms with Gasteiger partial charge in [-0.15, -0.1) is 0 Å². The average Bonchev–Trinajstić information content (AvgIpc) is 3.53. The Morgan fingerprint density at radius 2 is 1.49 bits per heavy atom. The van der Waals surface area contributed by atoms with Crippen LogP contribution >= 0.6 is 0 Å². The second-order valence-electron chi connectivity index (χ2n) is 9.85. The number of carbonyl (C=O) groups excluding carboxylic acids is 5. The van der Waals surface area contributed by atoms with Crippen LogP contribution in [0, 0.1) is 0 Å². The molecule has 3 heterocycles. The zero-order chi connectivity index (χ0) is 25.5. The quantitative estimate of drug-likeness (QED) is 0.478. The van der Waals surface area contributed by atoms with Crippen molar-refractivity contribution in [3.05, 3.63) is 0 Å². The fraction of sp³-hybridized carbons (Fsp3) is 0.800. The van der Waals surface area contributed by atoms with Gasteiger partial charge in [-0.25, -0.2) is 0 Å². The first-order valence-corrected chi connectivity index (χ1v) is 13.0. The molecule has 196 valence electrons. The van der Waals surface area contributed by atoms with Gasteiger partial charge in [-0.05, 0) is 58.3 Å². The zero-order valence-electron chi connectivity index (χ0n) is 21.3. The number of Topliss-reactive ketones (excluding diaryl/α,β-unsaturated/α-hetero) is 1. The van der Waals surface area contributed by atoms with Crippen molar-refractivity contribution < 1.29 is 28.7 Å². The van der Waals surface area contributed by atoms with E-state index in [0.29, 0.717) is 45.5 Å². The van der Waals surface area contributed by atoms with Crippen LogP contribution in [0.2, 0.25) is 0 Å². The van der Waals surface area contributed by atoms with Gasteiger partial charge in [0.1, 0.15) is 24.7 Å². The maximum absolute atomic E-state index is 13.3. The molecule has 0 aromatic carbocycles. The number of hydrogen-bond donors (Lipinski definition) is 1. The highest BCUT2D eigenvalue weighted by molar-refractivity contribution is 5.96.